The number of furan rings is 1. The Balaban J connectivity index is 1.80. The van der Waals surface area contributed by atoms with E-state index in [-0.39, 0.29) is 12.3 Å². The summed E-state index contributed by atoms with van der Waals surface area (Å²) in [5.41, 5.74) is 3.35. The maximum atomic E-state index is 10.9. The molecule has 0 aliphatic rings. The van der Waals surface area contributed by atoms with Crippen LogP contribution in [0.15, 0.2) is 65.1 Å². The number of anilines is 1. The van der Waals surface area contributed by atoms with Gasteiger partial charge in [0.1, 0.15) is 24.4 Å². The lowest BCUT2D eigenvalue weighted by Crippen LogP contribution is -2.07. The van der Waals surface area contributed by atoms with Crippen molar-refractivity contribution in [1.82, 2.24) is 0 Å². The molecule has 0 radical (unpaired) electrons. The lowest BCUT2D eigenvalue weighted by Gasteiger charge is -2.12. The Morgan fingerprint density at radius 3 is 2.72 bits per heavy atom. The fourth-order valence-electron chi connectivity index (χ4n) is 2.56. The van der Waals surface area contributed by atoms with Crippen molar-refractivity contribution in [2.75, 3.05) is 5.32 Å². The topological polar surface area (TPSA) is 86.3 Å². The molecule has 1 heterocycles. The molecular formula is C20H18N2O3. The highest BCUT2D eigenvalue weighted by atomic mass is 16.4. The van der Waals surface area contributed by atoms with Crippen LogP contribution in [0.3, 0.4) is 0 Å². The number of aliphatic hydroxyl groups excluding tert-OH is 1. The third-order valence-electron chi connectivity index (χ3n) is 3.83. The third-order valence-corrected chi connectivity index (χ3v) is 3.83. The van der Waals surface area contributed by atoms with Crippen molar-refractivity contribution in [2.45, 2.75) is 13.2 Å². The van der Waals surface area contributed by atoms with Crippen LogP contribution in [0.25, 0.3) is 0 Å². The summed E-state index contributed by atoms with van der Waals surface area (Å²) in [5.74, 6) is 0.831. The molecule has 0 bridgehead atoms. The lowest BCUT2D eigenvalue weighted by atomic mass is 10.1. The van der Waals surface area contributed by atoms with Gasteiger partial charge in [0.25, 0.3) is 0 Å². The Morgan fingerprint density at radius 1 is 1.12 bits per heavy atom. The average Bonchev–Trinajstić information content (AvgIpc) is 3.15. The van der Waals surface area contributed by atoms with Crippen molar-refractivity contribution in [3.05, 3.63) is 88.9 Å². The highest BCUT2D eigenvalue weighted by molar-refractivity contribution is 6.12. The van der Waals surface area contributed by atoms with Crippen LogP contribution in [0.5, 0.6) is 0 Å². The monoisotopic (exact) mass is 334 g/mol. The molecule has 25 heavy (non-hydrogen) atoms. The molecule has 3 rings (SSSR count). The Kier molecular flexibility index (Phi) is 5.06. The second-order valence-corrected chi connectivity index (χ2v) is 5.56. The van der Waals surface area contributed by atoms with Crippen molar-refractivity contribution < 1.29 is 14.3 Å². The predicted octanol–water partition coefficient (Wildman–Crippen LogP) is 3.61. The Labute approximate surface area is 145 Å². The SMILES string of the molecule is N=C(c1ccc(CO)o1)c1ccccc1NCc1cccc(C=O)c1. The summed E-state index contributed by atoms with van der Waals surface area (Å²) >= 11 is 0. The summed E-state index contributed by atoms with van der Waals surface area (Å²) in [5, 5.41) is 20.8. The van der Waals surface area contributed by atoms with Gasteiger partial charge in [0.05, 0.1) is 0 Å². The number of benzene rings is 2. The van der Waals surface area contributed by atoms with Crippen LogP contribution in [-0.4, -0.2) is 17.1 Å². The van der Waals surface area contributed by atoms with Gasteiger partial charge in [0.2, 0.25) is 0 Å². The maximum absolute atomic E-state index is 10.9. The molecule has 0 saturated carbocycles. The number of carbonyl (C=O) groups excluding carboxylic acids is 1. The molecule has 3 N–H and O–H groups in total. The van der Waals surface area contributed by atoms with Crippen LogP contribution in [-0.2, 0) is 13.2 Å². The van der Waals surface area contributed by atoms with Crippen molar-refractivity contribution >= 4 is 17.7 Å². The second kappa shape index (κ2) is 7.59. The number of aliphatic hydroxyl groups is 1. The number of aldehydes is 1. The predicted molar refractivity (Wildman–Crippen MR) is 96.2 cm³/mol. The zero-order chi connectivity index (χ0) is 17.6. The first-order valence-electron chi connectivity index (χ1n) is 7.87. The molecule has 126 valence electrons. The molecular weight excluding hydrogens is 316 g/mol. The van der Waals surface area contributed by atoms with Crippen LogP contribution in [0.1, 0.15) is 33.0 Å². The first-order chi connectivity index (χ1) is 12.2. The van der Waals surface area contributed by atoms with Gasteiger partial charge < -0.3 is 14.8 Å². The largest absolute Gasteiger partial charge is 0.457 e. The summed E-state index contributed by atoms with van der Waals surface area (Å²) in [6.45, 7) is 0.340. The highest BCUT2D eigenvalue weighted by Gasteiger charge is 2.13. The molecule has 5 nitrogen and oxygen atoms in total. The first kappa shape index (κ1) is 16.7. The fourth-order valence-corrected chi connectivity index (χ4v) is 2.56. The van der Waals surface area contributed by atoms with E-state index in [1.165, 1.54) is 0 Å². The van der Waals surface area contributed by atoms with Crippen molar-refractivity contribution in [3.8, 4) is 0 Å². The van der Waals surface area contributed by atoms with Gasteiger partial charge in [-0.25, -0.2) is 0 Å². The maximum Gasteiger partial charge on any atom is 0.152 e. The number of rotatable bonds is 7. The zero-order valence-corrected chi connectivity index (χ0v) is 13.5. The van der Waals surface area contributed by atoms with Gasteiger partial charge in [0, 0.05) is 23.4 Å². The van der Waals surface area contributed by atoms with E-state index in [1.54, 1.807) is 18.2 Å². The number of hydrogen-bond donors (Lipinski definition) is 3. The Hall–Kier alpha value is -3.18. The van der Waals surface area contributed by atoms with Gasteiger partial charge >= 0.3 is 0 Å². The minimum absolute atomic E-state index is 0.194. The van der Waals surface area contributed by atoms with Crippen molar-refractivity contribution in [3.63, 3.8) is 0 Å². The molecule has 0 amide bonds. The van der Waals surface area contributed by atoms with E-state index in [1.807, 2.05) is 42.5 Å². The number of nitrogens with one attached hydrogen (secondary N) is 2. The summed E-state index contributed by atoms with van der Waals surface area (Å²) < 4.78 is 5.46. The third kappa shape index (κ3) is 3.84. The molecule has 2 aromatic carbocycles. The molecule has 0 aliphatic carbocycles. The molecule has 1 aromatic heterocycles. The number of para-hydroxylation sites is 1. The van der Waals surface area contributed by atoms with Crippen molar-refractivity contribution in [1.29, 1.82) is 5.41 Å². The van der Waals surface area contributed by atoms with E-state index in [9.17, 15) is 4.79 Å². The molecule has 0 saturated heterocycles. The highest BCUT2D eigenvalue weighted by Crippen LogP contribution is 2.21. The Morgan fingerprint density at radius 2 is 1.96 bits per heavy atom. The number of carbonyl (C=O) groups is 1. The van der Waals surface area contributed by atoms with E-state index < -0.39 is 0 Å². The van der Waals surface area contributed by atoms with E-state index in [0.717, 1.165) is 17.5 Å². The minimum Gasteiger partial charge on any atom is -0.457 e. The minimum atomic E-state index is -0.194. The fraction of sp³-hybridized carbons (Fsp3) is 0.100. The molecule has 3 aromatic rings. The van der Waals surface area contributed by atoms with Gasteiger partial charge in [0.15, 0.2) is 5.76 Å². The van der Waals surface area contributed by atoms with Gasteiger partial charge in [-0.1, -0.05) is 36.4 Å². The van der Waals surface area contributed by atoms with Gasteiger partial charge in [-0.3, -0.25) is 10.2 Å². The molecule has 0 spiro atoms. The van der Waals surface area contributed by atoms with Gasteiger partial charge in [-0.2, -0.15) is 0 Å². The van der Waals surface area contributed by atoms with E-state index in [0.29, 0.717) is 29.2 Å². The molecule has 0 aliphatic heterocycles. The normalized spacial score (nSPS) is 10.4. The van der Waals surface area contributed by atoms with E-state index in [2.05, 4.69) is 5.32 Å². The quantitative estimate of drug-likeness (QED) is 0.455. The summed E-state index contributed by atoms with van der Waals surface area (Å²) in [6.07, 6.45) is 0.822. The van der Waals surface area contributed by atoms with E-state index in [4.69, 9.17) is 14.9 Å². The zero-order valence-electron chi connectivity index (χ0n) is 13.5. The van der Waals surface area contributed by atoms with Crippen LogP contribution >= 0.6 is 0 Å². The Bertz CT molecular complexity index is 899. The summed E-state index contributed by atoms with van der Waals surface area (Å²) in [6, 6.07) is 18.2. The van der Waals surface area contributed by atoms with Gasteiger partial charge in [-0.05, 0) is 29.8 Å². The molecule has 0 fully saturated rings. The van der Waals surface area contributed by atoms with E-state index >= 15 is 0 Å². The van der Waals surface area contributed by atoms with Crippen LogP contribution in [0, 0.1) is 5.41 Å². The summed E-state index contributed by atoms with van der Waals surface area (Å²) in [4.78, 5) is 10.9. The average molecular weight is 334 g/mol. The van der Waals surface area contributed by atoms with Crippen LogP contribution in [0.2, 0.25) is 0 Å². The smallest absolute Gasteiger partial charge is 0.152 e. The van der Waals surface area contributed by atoms with Crippen LogP contribution in [0.4, 0.5) is 5.69 Å². The second-order valence-electron chi connectivity index (χ2n) is 5.56. The van der Waals surface area contributed by atoms with Crippen molar-refractivity contribution in [2.24, 2.45) is 0 Å². The summed E-state index contributed by atoms with van der Waals surface area (Å²) in [7, 11) is 0. The lowest BCUT2D eigenvalue weighted by molar-refractivity contribution is 0.112. The number of hydrogen-bond acceptors (Lipinski definition) is 5. The first-order valence-corrected chi connectivity index (χ1v) is 7.87. The standard InChI is InChI=1S/C20H18N2O3/c21-20(19-9-8-16(13-24)25-19)17-6-1-2-7-18(17)22-11-14-4-3-5-15(10-14)12-23/h1-10,12,21-22,24H,11,13H2. The molecule has 5 heteroatoms. The molecule has 0 atom stereocenters. The van der Waals surface area contributed by atoms with Gasteiger partial charge in [-0.15, -0.1) is 0 Å². The molecule has 0 unspecified atom stereocenters. The van der Waals surface area contributed by atoms with Crippen LogP contribution < -0.4 is 5.32 Å².